The number of nitrogens with zero attached hydrogens (tertiary/aromatic N) is 1. The van der Waals surface area contributed by atoms with Crippen molar-refractivity contribution in [2.75, 3.05) is 5.32 Å². The van der Waals surface area contributed by atoms with E-state index in [-0.39, 0.29) is 11.3 Å². The monoisotopic (exact) mass is 210 g/mol. The molecule has 0 atom stereocenters. The number of aryl methyl sites for hydroxylation is 1. The van der Waals surface area contributed by atoms with Crippen LogP contribution in [0.5, 0.6) is 0 Å². The third-order valence-electron chi connectivity index (χ3n) is 1.79. The normalized spacial score (nSPS) is 9.47. The van der Waals surface area contributed by atoms with Crippen LogP contribution in [0.3, 0.4) is 0 Å². The van der Waals surface area contributed by atoms with Gasteiger partial charge in [-0.05, 0) is 18.6 Å². The number of carbonyl (C=O) groups excluding carboxylic acids is 1. The third-order valence-corrected chi connectivity index (χ3v) is 1.79. The second-order valence-electron chi connectivity index (χ2n) is 2.94. The number of benzene rings is 1. The van der Waals surface area contributed by atoms with Crippen molar-refractivity contribution in [1.29, 1.82) is 5.26 Å². The van der Waals surface area contributed by atoms with Crippen molar-refractivity contribution in [3.8, 4) is 6.07 Å². The molecule has 0 bridgehead atoms. The molecule has 1 aromatic carbocycles. The van der Waals surface area contributed by atoms with Crippen molar-refractivity contribution < 1.29 is 13.6 Å². The summed E-state index contributed by atoms with van der Waals surface area (Å²) >= 11 is 0. The van der Waals surface area contributed by atoms with E-state index in [1.54, 1.807) is 6.07 Å². The molecule has 0 aliphatic rings. The van der Waals surface area contributed by atoms with Crippen LogP contribution in [0.2, 0.25) is 0 Å². The predicted molar refractivity (Wildman–Crippen MR) is 50.0 cm³/mol. The van der Waals surface area contributed by atoms with E-state index in [9.17, 15) is 13.6 Å². The highest BCUT2D eigenvalue weighted by Crippen LogP contribution is 2.19. The quantitative estimate of drug-likeness (QED) is 0.812. The van der Waals surface area contributed by atoms with Gasteiger partial charge in [-0.2, -0.15) is 5.26 Å². The Bertz CT molecular complexity index is 438. The summed E-state index contributed by atoms with van der Waals surface area (Å²) in [5, 5.41) is 10.3. The number of amides is 1. The van der Waals surface area contributed by atoms with Gasteiger partial charge < -0.3 is 5.32 Å². The van der Waals surface area contributed by atoms with Gasteiger partial charge in [0.05, 0.1) is 11.8 Å². The van der Waals surface area contributed by atoms with E-state index in [1.807, 2.05) is 0 Å². The van der Waals surface area contributed by atoms with Gasteiger partial charge in [0.25, 0.3) is 0 Å². The van der Waals surface area contributed by atoms with Crippen LogP contribution >= 0.6 is 0 Å². The molecule has 0 spiro atoms. The largest absolute Gasteiger partial charge is 0.323 e. The first-order valence-corrected chi connectivity index (χ1v) is 4.17. The Labute approximate surface area is 85.3 Å². The third kappa shape index (κ3) is 2.50. The zero-order chi connectivity index (χ0) is 11.4. The minimum atomic E-state index is -1.11. The number of rotatable bonds is 2. The average Bonchev–Trinajstić information content (AvgIpc) is 2.20. The van der Waals surface area contributed by atoms with Gasteiger partial charge in [-0.1, -0.05) is 6.07 Å². The maximum atomic E-state index is 13.2. The molecule has 1 amide bonds. The van der Waals surface area contributed by atoms with Crippen molar-refractivity contribution in [3.05, 3.63) is 29.3 Å². The Morgan fingerprint density at radius 3 is 2.73 bits per heavy atom. The predicted octanol–water partition coefficient (Wildman–Crippen LogP) is 2.13. The van der Waals surface area contributed by atoms with Crippen LogP contribution < -0.4 is 5.32 Å². The van der Waals surface area contributed by atoms with E-state index in [2.05, 4.69) is 5.32 Å². The van der Waals surface area contributed by atoms with Gasteiger partial charge in [-0.25, -0.2) is 8.78 Å². The molecular weight excluding hydrogens is 202 g/mol. The molecule has 0 saturated heterocycles. The van der Waals surface area contributed by atoms with E-state index >= 15 is 0 Å². The Hall–Kier alpha value is -1.96. The van der Waals surface area contributed by atoms with Crippen LogP contribution in [0.15, 0.2) is 12.1 Å². The fraction of sp³-hybridized carbons (Fsp3) is 0.200. The molecule has 0 fully saturated rings. The van der Waals surface area contributed by atoms with E-state index in [1.165, 1.54) is 19.1 Å². The van der Waals surface area contributed by atoms with E-state index < -0.39 is 24.0 Å². The van der Waals surface area contributed by atoms with Gasteiger partial charge in [0.1, 0.15) is 6.42 Å². The van der Waals surface area contributed by atoms with Gasteiger partial charge in [-0.3, -0.25) is 4.79 Å². The first-order chi connectivity index (χ1) is 7.06. The maximum absolute atomic E-state index is 13.2. The second-order valence-corrected chi connectivity index (χ2v) is 2.94. The SMILES string of the molecule is Cc1ccc(NC(=O)CC#N)c(F)c1F. The molecule has 1 aromatic rings. The highest BCUT2D eigenvalue weighted by molar-refractivity contribution is 5.92. The molecule has 0 aliphatic carbocycles. The molecular formula is C10H8F2N2O. The lowest BCUT2D eigenvalue weighted by Gasteiger charge is -2.06. The average molecular weight is 210 g/mol. The number of carbonyl (C=O) groups is 1. The molecule has 78 valence electrons. The van der Waals surface area contributed by atoms with Crippen molar-refractivity contribution in [2.24, 2.45) is 0 Å². The van der Waals surface area contributed by atoms with Gasteiger partial charge in [0.2, 0.25) is 5.91 Å². The first-order valence-electron chi connectivity index (χ1n) is 4.17. The Morgan fingerprint density at radius 2 is 2.13 bits per heavy atom. The second kappa shape index (κ2) is 4.51. The molecule has 0 heterocycles. The number of halogens is 2. The van der Waals surface area contributed by atoms with E-state index in [0.717, 1.165) is 0 Å². The minimum Gasteiger partial charge on any atom is -0.323 e. The van der Waals surface area contributed by atoms with Crippen LogP contribution in [-0.2, 0) is 4.79 Å². The number of hydrogen-bond donors (Lipinski definition) is 1. The van der Waals surface area contributed by atoms with Crippen LogP contribution in [0.1, 0.15) is 12.0 Å². The Kier molecular flexibility index (Phi) is 3.34. The van der Waals surface area contributed by atoms with Gasteiger partial charge in [0, 0.05) is 0 Å². The van der Waals surface area contributed by atoms with Crippen LogP contribution in [0, 0.1) is 29.9 Å². The molecule has 0 radical (unpaired) electrons. The lowest BCUT2D eigenvalue weighted by molar-refractivity contribution is -0.115. The van der Waals surface area contributed by atoms with Crippen LogP contribution in [0.25, 0.3) is 0 Å². The van der Waals surface area contributed by atoms with E-state index in [0.29, 0.717) is 0 Å². The summed E-state index contributed by atoms with van der Waals surface area (Å²) in [5.41, 5.74) is -0.0934. The summed E-state index contributed by atoms with van der Waals surface area (Å²) in [6, 6.07) is 4.21. The summed E-state index contributed by atoms with van der Waals surface area (Å²) in [7, 11) is 0. The number of nitriles is 1. The molecule has 0 saturated carbocycles. The van der Waals surface area contributed by atoms with Crippen molar-refractivity contribution in [2.45, 2.75) is 13.3 Å². The van der Waals surface area contributed by atoms with Crippen LogP contribution in [0.4, 0.5) is 14.5 Å². The van der Waals surface area contributed by atoms with E-state index in [4.69, 9.17) is 5.26 Å². The molecule has 5 heteroatoms. The minimum absolute atomic E-state index is 0.158. The zero-order valence-corrected chi connectivity index (χ0v) is 7.97. The van der Waals surface area contributed by atoms with Crippen molar-refractivity contribution in [1.82, 2.24) is 0 Å². The lowest BCUT2D eigenvalue weighted by Crippen LogP contribution is -2.12. The highest BCUT2D eigenvalue weighted by Gasteiger charge is 2.12. The maximum Gasteiger partial charge on any atom is 0.238 e. The molecule has 3 nitrogen and oxygen atoms in total. The van der Waals surface area contributed by atoms with Gasteiger partial charge in [-0.15, -0.1) is 0 Å². The van der Waals surface area contributed by atoms with Gasteiger partial charge in [0.15, 0.2) is 11.6 Å². The van der Waals surface area contributed by atoms with Gasteiger partial charge >= 0.3 is 0 Å². The molecule has 0 aromatic heterocycles. The molecule has 0 unspecified atom stereocenters. The van der Waals surface area contributed by atoms with Crippen molar-refractivity contribution in [3.63, 3.8) is 0 Å². The molecule has 1 rings (SSSR count). The fourth-order valence-electron chi connectivity index (χ4n) is 1.01. The summed E-state index contributed by atoms with van der Waals surface area (Å²) in [5.74, 6) is -2.77. The number of hydrogen-bond acceptors (Lipinski definition) is 2. The number of anilines is 1. The topological polar surface area (TPSA) is 52.9 Å². The summed E-state index contributed by atoms with van der Waals surface area (Å²) in [6.07, 6.45) is -0.394. The molecule has 15 heavy (non-hydrogen) atoms. The zero-order valence-electron chi connectivity index (χ0n) is 7.97. The summed E-state index contributed by atoms with van der Waals surface area (Å²) < 4.78 is 26.2. The number of nitrogens with one attached hydrogen (secondary N) is 1. The van der Waals surface area contributed by atoms with Crippen LogP contribution in [-0.4, -0.2) is 5.91 Å². The summed E-state index contributed by atoms with van der Waals surface area (Å²) in [4.78, 5) is 10.9. The summed E-state index contributed by atoms with van der Waals surface area (Å²) in [6.45, 7) is 1.42. The Morgan fingerprint density at radius 1 is 1.47 bits per heavy atom. The standard InChI is InChI=1S/C10H8F2N2O/c1-6-2-3-7(10(12)9(6)11)14-8(15)4-5-13/h2-3H,4H2,1H3,(H,14,15). The Balaban J connectivity index is 2.93. The smallest absolute Gasteiger partial charge is 0.238 e. The molecule has 0 aliphatic heterocycles. The van der Waals surface area contributed by atoms with Crippen molar-refractivity contribution >= 4 is 11.6 Å². The first kappa shape index (κ1) is 11.1. The lowest BCUT2D eigenvalue weighted by atomic mass is 10.2. The fourth-order valence-corrected chi connectivity index (χ4v) is 1.01. The molecule has 1 N–H and O–H groups in total. The highest BCUT2D eigenvalue weighted by atomic mass is 19.2.